The average Bonchev–Trinajstić information content (AvgIpc) is 3.16. The molecule has 0 saturated carbocycles. The lowest BCUT2D eigenvalue weighted by Gasteiger charge is -2.11. The van der Waals surface area contributed by atoms with E-state index in [9.17, 15) is 0 Å². The molecular weight excluding hydrogens is 338 g/mol. The molecule has 1 N–H and O–H groups in total. The zero-order chi connectivity index (χ0) is 17.8. The zero-order valence-electron chi connectivity index (χ0n) is 14.7. The number of nitrogens with zero attached hydrogens (tertiary/aromatic N) is 2. The summed E-state index contributed by atoms with van der Waals surface area (Å²) < 4.78 is 0. The average molecular weight is 359 g/mol. The van der Waals surface area contributed by atoms with Crippen LogP contribution >= 0.6 is 11.8 Å². The second-order valence-corrected chi connectivity index (χ2v) is 7.24. The third kappa shape index (κ3) is 3.51. The Labute approximate surface area is 157 Å². The van der Waals surface area contributed by atoms with Crippen LogP contribution in [-0.4, -0.2) is 15.2 Å². The van der Waals surface area contributed by atoms with Gasteiger partial charge >= 0.3 is 0 Å². The molecule has 0 bridgehead atoms. The molecule has 0 amide bonds. The Morgan fingerprint density at radius 2 is 1.69 bits per heavy atom. The second kappa shape index (κ2) is 7.75. The number of aromatic nitrogens is 3. The SMILES string of the molecule is CCC(c1ccccc1)c1nc(SCc2cccc3ccccc23)n[nH]1. The molecule has 0 fully saturated rings. The molecule has 26 heavy (non-hydrogen) atoms. The summed E-state index contributed by atoms with van der Waals surface area (Å²) in [7, 11) is 0. The van der Waals surface area contributed by atoms with Crippen molar-refractivity contribution in [3.63, 3.8) is 0 Å². The van der Waals surface area contributed by atoms with E-state index in [0.717, 1.165) is 23.2 Å². The number of hydrogen-bond acceptors (Lipinski definition) is 3. The molecule has 0 spiro atoms. The summed E-state index contributed by atoms with van der Waals surface area (Å²) in [4.78, 5) is 4.75. The lowest BCUT2D eigenvalue weighted by molar-refractivity contribution is 0.720. The van der Waals surface area contributed by atoms with Gasteiger partial charge < -0.3 is 0 Å². The van der Waals surface area contributed by atoms with E-state index < -0.39 is 0 Å². The third-order valence-electron chi connectivity index (χ3n) is 4.66. The molecule has 1 unspecified atom stereocenters. The third-order valence-corrected chi connectivity index (χ3v) is 5.56. The first kappa shape index (κ1) is 16.9. The van der Waals surface area contributed by atoms with Crippen LogP contribution in [0, 0.1) is 0 Å². The molecule has 1 heterocycles. The summed E-state index contributed by atoms with van der Waals surface area (Å²) in [5, 5.41) is 11.0. The normalized spacial score (nSPS) is 12.3. The largest absolute Gasteiger partial charge is 0.262 e. The molecule has 0 aliphatic rings. The smallest absolute Gasteiger partial charge is 0.208 e. The lowest BCUT2D eigenvalue weighted by Crippen LogP contribution is -2.01. The van der Waals surface area contributed by atoms with Crippen molar-refractivity contribution in [1.82, 2.24) is 15.2 Å². The van der Waals surface area contributed by atoms with Crippen LogP contribution in [0.15, 0.2) is 78.0 Å². The van der Waals surface area contributed by atoms with E-state index in [4.69, 9.17) is 4.98 Å². The van der Waals surface area contributed by atoms with Crippen molar-refractivity contribution in [2.45, 2.75) is 30.2 Å². The van der Waals surface area contributed by atoms with Gasteiger partial charge in [-0.05, 0) is 28.3 Å². The van der Waals surface area contributed by atoms with Gasteiger partial charge in [-0.1, -0.05) is 91.5 Å². The number of H-pyrrole nitrogens is 1. The van der Waals surface area contributed by atoms with Gasteiger partial charge in [-0.2, -0.15) is 0 Å². The minimum absolute atomic E-state index is 0.260. The number of nitrogens with one attached hydrogen (secondary N) is 1. The minimum Gasteiger partial charge on any atom is -0.262 e. The number of fused-ring (bicyclic) bond motifs is 1. The maximum atomic E-state index is 4.75. The second-order valence-electron chi connectivity index (χ2n) is 6.30. The van der Waals surface area contributed by atoms with Gasteiger partial charge in [0, 0.05) is 11.7 Å². The van der Waals surface area contributed by atoms with E-state index in [0.29, 0.717) is 0 Å². The van der Waals surface area contributed by atoms with Crippen LogP contribution in [0.1, 0.15) is 36.2 Å². The number of benzene rings is 3. The van der Waals surface area contributed by atoms with E-state index in [1.807, 2.05) is 6.07 Å². The van der Waals surface area contributed by atoms with Gasteiger partial charge in [0.25, 0.3) is 0 Å². The van der Waals surface area contributed by atoms with Gasteiger partial charge in [0.1, 0.15) is 5.82 Å². The Kier molecular flexibility index (Phi) is 5.02. The predicted molar refractivity (Wildman–Crippen MR) is 108 cm³/mol. The van der Waals surface area contributed by atoms with Crippen LogP contribution in [0.5, 0.6) is 0 Å². The van der Waals surface area contributed by atoms with E-state index in [-0.39, 0.29) is 5.92 Å². The summed E-state index contributed by atoms with van der Waals surface area (Å²) in [6, 6.07) is 25.4. The zero-order valence-corrected chi connectivity index (χ0v) is 15.5. The molecule has 4 heteroatoms. The van der Waals surface area contributed by atoms with Crippen LogP contribution < -0.4 is 0 Å². The first-order valence-electron chi connectivity index (χ1n) is 8.92. The van der Waals surface area contributed by atoms with Crippen LogP contribution in [0.3, 0.4) is 0 Å². The molecule has 4 rings (SSSR count). The number of aromatic amines is 1. The van der Waals surface area contributed by atoms with Crippen molar-refractivity contribution in [3.05, 3.63) is 89.7 Å². The molecule has 4 aromatic rings. The molecule has 0 radical (unpaired) electrons. The number of thioether (sulfide) groups is 1. The Morgan fingerprint density at radius 3 is 2.54 bits per heavy atom. The predicted octanol–water partition coefficient (Wildman–Crippen LogP) is 5.79. The highest BCUT2D eigenvalue weighted by molar-refractivity contribution is 7.98. The minimum atomic E-state index is 0.260. The Bertz CT molecular complexity index is 989. The molecule has 0 saturated heterocycles. The standard InChI is InChI=1S/C22H21N3S/c1-2-19(16-9-4-3-5-10-16)21-23-22(25-24-21)26-15-18-13-8-12-17-11-6-7-14-20(17)18/h3-14,19H,2,15H2,1H3,(H,23,24,25). The Balaban J connectivity index is 1.52. The van der Waals surface area contributed by atoms with E-state index in [1.54, 1.807) is 11.8 Å². The first-order chi connectivity index (χ1) is 12.8. The summed E-state index contributed by atoms with van der Waals surface area (Å²) in [5.74, 6) is 2.07. The van der Waals surface area contributed by atoms with Gasteiger partial charge in [0.2, 0.25) is 5.16 Å². The fraction of sp³-hybridized carbons (Fsp3) is 0.182. The molecule has 0 aliphatic carbocycles. The number of hydrogen-bond donors (Lipinski definition) is 1. The molecule has 1 atom stereocenters. The highest BCUT2D eigenvalue weighted by atomic mass is 32.2. The van der Waals surface area contributed by atoms with Crippen molar-refractivity contribution in [2.75, 3.05) is 0 Å². The maximum absolute atomic E-state index is 4.75. The van der Waals surface area contributed by atoms with Crippen molar-refractivity contribution in [1.29, 1.82) is 0 Å². The molecule has 130 valence electrons. The van der Waals surface area contributed by atoms with Crippen LogP contribution in [-0.2, 0) is 5.75 Å². The maximum Gasteiger partial charge on any atom is 0.208 e. The van der Waals surface area contributed by atoms with Crippen LogP contribution in [0.2, 0.25) is 0 Å². The molecule has 0 aliphatic heterocycles. The summed E-state index contributed by atoms with van der Waals surface area (Å²) in [5.41, 5.74) is 2.59. The quantitative estimate of drug-likeness (QED) is 0.443. The van der Waals surface area contributed by atoms with Crippen molar-refractivity contribution >= 4 is 22.5 Å². The summed E-state index contributed by atoms with van der Waals surface area (Å²) in [6.07, 6.45) is 0.993. The number of rotatable bonds is 6. The van der Waals surface area contributed by atoms with E-state index in [1.165, 1.54) is 21.9 Å². The van der Waals surface area contributed by atoms with Crippen molar-refractivity contribution < 1.29 is 0 Å². The molecule has 3 aromatic carbocycles. The van der Waals surface area contributed by atoms with Gasteiger partial charge in [-0.15, -0.1) is 5.10 Å². The molecular formula is C22H21N3S. The highest BCUT2D eigenvalue weighted by Gasteiger charge is 2.16. The van der Waals surface area contributed by atoms with Gasteiger partial charge in [0.05, 0.1) is 0 Å². The van der Waals surface area contributed by atoms with Gasteiger partial charge in [-0.25, -0.2) is 4.98 Å². The monoisotopic (exact) mass is 359 g/mol. The molecule has 1 aromatic heterocycles. The summed E-state index contributed by atoms with van der Waals surface area (Å²) in [6.45, 7) is 2.18. The highest BCUT2D eigenvalue weighted by Crippen LogP contribution is 2.29. The van der Waals surface area contributed by atoms with Gasteiger partial charge in [0.15, 0.2) is 0 Å². The van der Waals surface area contributed by atoms with Gasteiger partial charge in [-0.3, -0.25) is 5.10 Å². The fourth-order valence-corrected chi connectivity index (χ4v) is 4.12. The Hall–Kier alpha value is -2.59. The fourth-order valence-electron chi connectivity index (χ4n) is 3.31. The first-order valence-corrected chi connectivity index (χ1v) is 9.90. The Morgan fingerprint density at radius 1 is 0.923 bits per heavy atom. The van der Waals surface area contributed by atoms with E-state index >= 15 is 0 Å². The lowest BCUT2D eigenvalue weighted by atomic mass is 9.96. The van der Waals surface area contributed by atoms with Crippen molar-refractivity contribution in [3.8, 4) is 0 Å². The topological polar surface area (TPSA) is 41.6 Å². The summed E-state index contributed by atoms with van der Waals surface area (Å²) >= 11 is 1.68. The van der Waals surface area contributed by atoms with E-state index in [2.05, 4.69) is 83.9 Å². The van der Waals surface area contributed by atoms with Crippen molar-refractivity contribution in [2.24, 2.45) is 0 Å². The van der Waals surface area contributed by atoms with Crippen LogP contribution in [0.25, 0.3) is 10.8 Å². The van der Waals surface area contributed by atoms with Crippen LogP contribution in [0.4, 0.5) is 0 Å². The molecule has 3 nitrogen and oxygen atoms in total.